The van der Waals surface area contributed by atoms with Gasteiger partial charge in [-0.05, 0) is 74.4 Å². The van der Waals surface area contributed by atoms with Crippen LogP contribution in [-0.4, -0.2) is 24.8 Å². The van der Waals surface area contributed by atoms with E-state index in [9.17, 15) is 9.90 Å². The number of methoxy groups -OCH3 is 1. The van der Waals surface area contributed by atoms with Gasteiger partial charge in [0.1, 0.15) is 11.4 Å². The topological polar surface area (TPSA) is 55.8 Å². The summed E-state index contributed by atoms with van der Waals surface area (Å²) in [5.74, 6) is 6.11. The molecule has 0 bridgehead atoms. The Kier molecular flexibility index (Phi) is 6.79. The van der Waals surface area contributed by atoms with Gasteiger partial charge in [-0.2, -0.15) is 0 Å². The molecule has 158 valence electrons. The Bertz CT molecular complexity index is 1120. The molecule has 0 amide bonds. The lowest BCUT2D eigenvalue weighted by Gasteiger charge is -2.30. The molecule has 3 rings (SSSR count). The summed E-state index contributed by atoms with van der Waals surface area (Å²) in [6, 6.07) is 20.4. The molecule has 0 aliphatic carbocycles. The first-order valence-electron chi connectivity index (χ1n) is 10.1. The van der Waals surface area contributed by atoms with E-state index in [0.717, 1.165) is 22.3 Å². The van der Waals surface area contributed by atoms with E-state index in [4.69, 9.17) is 9.47 Å². The Morgan fingerprint density at radius 3 is 2.06 bits per heavy atom. The van der Waals surface area contributed by atoms with Crippen molar-refractivity contribution in [3.63, 3.8) is 0 Å². The predicted molar refractivity (Wildman–Crippen MR) is 121 cm³/mol. The van der Waals surface area contributed by atoms with E-state index < -0.39 is 5.60 Å². The van der Waals surface area contributed by atoms with Crippen LogP contribution in [-0.2, 0) is 15.1 Å². The van der Waals surface area contributed by atoms with E-state index >= 15 is 0 Å². The standard InChI is InChI=1S/C27H26O4/c1-5-31-26(29)22-13-9-20(10-14-22)7-8-21-11-15-23(16-12-21)27(3,30-4)24-17-6-19(2)18-25(24)28/h6,9-18,28H,5H2,1-4H3. The van der Waals surface area contributed by atoms with E-state index in [-0.39, 0.29) is 11.7 Å². The van der Waals surface area contributed by atoms with Gasteiger partial charge >= 0.3 is 5.97 Å². The Morgan fingerprint density at radius 2 is 1.55 bits per heavy atom. The van der Waals surface area contributed by atoms with Crippen LogP contribution in [0.4, 0.5) is 0 Å². The summed E-state index contributed by atoms with van der Waals surface area (Å²) in [7, 11) is 1.63. The molecule has 0 aromatic heterocycles. The second-order valence-electron chi connectivity index (χ2n) is 7.38. The van der Waals surface area contributed by atoms with E-state index in [2.05, 4.69) is 11.8 Å². The lowest BCUT2D eigenvalue weighted by Crippen LogP contribution is -2.26. The highest BCUT2D eigenvalue weighted by Gasteiger charge is 2.31. The maximum absolute atomic E-state index is 11.7. The van der Waals surface area contributed by atoms with Gasteiger partial charge < -0.3 is 14.6 Å². The van der Waals surface area contributed by atoms with Crippen molar-refractivity contribution >= 4 is 5.97 Å². The third-order valence-corrected chi connectivity index (χ3v) is 5.26. The molecular formula is C27H26O4. The van der Waals surface area contributed by atoms with Crippen molar-refractivity contribution in [3.05, 3.63) is 100 Å². The molecule has 1 N–H and O–H groups in total. The largest absolute Gasteiger partial charge is 0.508 e. The van der Waals surface area contributed by atoms with Crippen LogP contribution in [0.2, 0.25) is 0 Å². The summed E-state index contributed by atoms with van der Waals surface area (Å²) in [6.07, 6.45) is 0. The number of rotatable bonds is 5. The molecule has 1 atom stereocenters. The summed E-state index contributed by atoms with van der Waals surface area (Å²) in [6.45, 7) is 6.00. The summed E-state index contributed by atoms with van der Waals surface area (Å²) < 4.78 is 10.8. The van der Waals surface area contributed by atoms with Crippen molar-refractivity contribution in [2.45, 2.75) is 26.4 Å². The number of aromatic hydroxyl groups is 1. The van der Waals surface area contributed by atoms with Gasteiger partial charge in [0.25, 0.3) is 0 Å². The average molecular weight is 415 g/mol. The molecule has 4 nitrogen and oxygen atoms in total. The van der Waals surface area contributed by atoms with Crippen LogP contribution in [0.15, 0.2) is 66.7 Å². The van der Waals surface area contributed by atoms with Crippen molar-refractivity contribution in [3.8, 4) is 17.6 Å². The van der Waals surface area contributed by atoms with E-state index in [1.807, 2.05) is 50.2 Å². The third kappa shape index (κ3) is 4.96. The number of carbonyl (C=O) groups excluding carboxylic acids is 1. The second-order valence-corrected chi connectivity index (χ2v) is 7.38. The fraction of sp³-hybridized carbons (Fsp3) is 0.222. The SMILES string of the molecule is CCOC(=O)c1ccc(C#Cc2ccc(C(C)(OC)c3ccc(C)cc3O)cc2)cc1. The Labute approximate surface area is 183 Å². The van der Waals surface area contributed by atoms with Crippen molar-refractivity contribution < 1.29 is 19.4 Å². The zero-order valence-corrected chi connectivity index (χ0v) is 18.2. The van der Waals surface area contributed by atoms with Crippen molar-refractivity contribution in [2.24, 2.45) is 0 Å². The zero-order valence-electron chi connectivity index (χ0n) is 18.2. The molecule has 0 radical (unpaired) electrons. The Balaban J connectivity index is 1.81. The van der Waals surface area contributed by atoms with Gasteiger partial charge in [-0.1, -0.05) is 36.1 Å². The first-order valence-corrected chi connectivity index (χ1v) is 10.1. The van der Waals surface area contributed by atoms with Gasteiger partial charge in [-0.15, -0.1) is 0 Å². The van der Waals surface area contributed by atoms with E-state index in [0.29, 0.717) is 17.7 Å². The number of hydrogen-bond donors (Lipinski definition) is 1. The highest BCUT2D eigenvalue weighted by Crippen LogP contribution is 2.38. The lowest BCUT2D eigenvalue weighted by molar-refractivity contribution is 0.0371. The third-order valence-electron chi connectivity index (χ3n) is 5.26. The number of ether oxygens (including phenoxy) is 2. The van der Waals surface area contributed by atoms with Crippen LogP contribution >= 0.6 is 0 Å². The normalized spacial score (nSPS) is 12.4. The quantitative estimate of drug-likeness (QED) is 0.461. The molecule has 0 heterocycles. The molecule has 0 spiro atoms. The predicted octanol–water partition coefficient (Wildman–Crippen LogP) is 5.19. The second kappa shape index (κ2) is 9.51. The summed E-state index contributed by atoms with van der Waals surface area (Å²) in [4.78, 5) is 11.7. The molecule has 1 unspecified atom stereocenters. The average Bonchev–Trinajstić information content (AvgIpc) is 2.78. The number of carbonyl (C=O) groups is 1. The smallest absolute Gasteiger partial charge is 0.338 e. The lowest BCUT2D eigenvalue weighted by atomic mass is 9.86. The first-order chi connectivity index (χ1) is 14.9. The molecule has 0 saturated carbocycles. The van der Waals surface area contributed by atoms with Crippen LogP contribution in [0.3, 0.4) is 0 Å². The van der Waals surface area contributed by atoms with Crippen LogP contribution in [0, 0.1) is 18.8 Å². The van der Waals surface area contributed by atoms with Gasteiger partial charge in [-0.3, -0.25) is 0 Å². The van der Waals surface area contributed by atoms with Gasteiger partial charge in [0.15, 0.2) is 0 Å². The molecule has 4 heteroatoms. The van der Waals surface area contributed by atoms with E-state index in [1.54, 1.807) is 44.4 Å². The number of hydrogen-bond acceptors (Lipinski definition) is 4. The van der Waals surface area contributed by atoms with Gasteiger partial charge in [0, 0.05) is 23.8 Å². The van der Waals surface area contributed by atoms with Gasteiger partial charge in [0.05, 0.1) is 12.2 Å². The van der Waals surface area contributed by atoms with Crippen molar-refractivity contribution in [2.75, 3.05) is 13.7 Å². The molecule has 3 aromatic carbocycles. The fourth-order valence-corrected chi connectivity index (χ4v) is 3.35. The fourth-order valence-electron chi connectivity index (χ4n) is 3.35. The van der Waals surface area contributed by atoms with Gasteiger partial charge in [0.2, 0.25) is 0 Å². The number of phenols is 1. The number of aryl methyl sites for hydroxylation is 1. The van der Waals surface area contributed by atoms with E-state index in [1.165, 1.54) is 0 Å². The number of phenolic OH excluding ortho intramolecular Hbond substituents is 1. The van der Waals surface area contributed by atoms with Crippen LogP contribution in [0.1, 0.15) is 52.0 Å². The van der Waals surface area contributed by atoms with Gasteiger partial charge in [-0.25, -0.2) is 4.79 Å². The molecule has 0 fully saturated rings. The maximum atomic E-state index is 11.7. The molecular weight excluding hydrogens is 388 g/mol. The molecule has 31 heavy (non-hydrogen) atoms. The maximum Gasteiger partial charge on any atom is 0.338 e. The monoisotopic (exact) mass is 414 g/mol. The molecule has 0 aliphatic heterocycles. The van der Waals surface area contributed by atoms with Crippen LogP contribution < -0.4 is 0 Å². The van der Waals surface area contributed by atoms with Crippen LogP contribution in [0.25, 0.3) is 0 Å². The molecule has 0 aliphatic rings. The van der Waals surface area contributed by atoms with Crippen molar-refractivity contribution in [1.29, 1.82) is 0 Å². The van der Waals surface area contributed by atoms with Crippen molar-refractivity contribution in [1.82, 2.24) is 0 Å². The molecule has 0 saturated heterocycles. The Hall–Kier alpha value is -3.55. The summed E-state index contributed by atoms with van der Waals surface area (Å²) >= 11 is 0. The van der Waals surface area contributed by atoms with Crippen LogP contribution in [0.5, 0.6) is 5.75 Å². The highest BCUT2D eigenvalue weighted by atomic mass is 16.5. The highest BCUT2D eigenvalue weighted by molar-refractivity contribution is 5.89. The minimum absolute atomic E-state index is 0.208. The Morgan fingerprint density at radius 1 is 0.968 bits per heavy atom. The number of benzene rings is 3. The first kappa shape index (κ1) is 22.1. The summed E-state index contributed by atoms with van der Waals surface area (Å²) in [5.41, 5.74) is 4.00. The summed E-state index contributed by atoms with van der Waals surface area (Å²) in [5, 5.41) is 10.4. The zero-order chi connectivity index (χ0) is 22.4. The number of esters is 1. The molecule has 3 aromatic rings. The minimum atomic E-state index is -0.785. The minimum Gasteiger partial charge on any atom is -0.508 e.